The molecule has 0 spiro atoms. The van der Waals surface area contributed by atoms with Gasteiger partial charge in [0.15, 0.2) is 0 Å². The standard InChI is InChI=1S/C11H17IN2OS/c1-13(2)10-3-8-16-11(12,9-10)14-4-6-15-7-5-14/h3,8-9H,4-7H2,1-2H3. The molecule has 2 aliphatic heterocycles. The number of likely N-dealkylation sites (N-methyl/N-ethyl adjacent to an activating group) is 1. The first-order valence-electron chi connectivity index (χ1n) is 5.38. The first-order valence-corrected chi connectivity index (χ1v) is 7.34. The first kappa shape index (κ1) is 12.7. The zero-order valence-corrected chi connectivity index (χ0v) is 12.6. The molecule has 90 valence electrons. The molecule has 0 aromatic heterocycles. The fourth-order valence-electron chi connectivity index (χ4n) is 1.78. The summed E-state index contributed by atoms with van der Waals surface area (Å²) < 4.78 is 5.46. The van der Waals surface area contributed by atoms with Gasteiger partial charge >= 0.3 is 0 Å². The first-order chi connectivity index (χ1) is 7.62. The molecule has 2 heterocycles. The quantitative estimate of drug-likeness (QED) is 0.430. The van der Waals surface area contributed by atoms with E-state index in [0.717, 1.165) is 26.3 Å². The van der Waals surface area contributed by atoms with Crippen molar-refractivity contribution in [3.05, 3.63) is 23.3 Å². The van der Waals surface area contributed by atoms with Crippen molar-refractivity contribution >= 4 is 34.4 Å². The van der Waals surface area contributed by atoms with Gasteiger partial charge in [0.25, 0.3) is 0 Å². The third-order valence-corrected chi connectivity index (χ3v) is 5.49. The average molecular weight is 352 g/mol. The van der Waals surface area contributed by atoms with Crippen LogP contribution < -0.4 is 0 Å². The lowest BCUT2D eigenvalue weighted by molar-refractivity contribution is 0.0361. The summed E-state index contributed by atoms with van der Waals surface area (Å²) in [5, 5.41) is 2.19. The monoisotopic (exact) mass is 352 g/mol. The van der Waals surface area contributed by atoms with Gasteiger partial charge in [-0.15, -0.1) is 0 Å². The second kappa shape index (κ2) is 5.29. The van der Waals surface area contributed by atoms with Crippen molar-refractivity contribution in [2.75, 3.05) is 40.4 Å². The summed E-state index contributed by atoms with van der Waals surface area (Å²) in [6.45, 7) is 3.72. The number of allylic oxidation sites excluding steroid dienone is 1. The van der Waals surface area contributed by atoms with Gasteiger partial charge in [0, 0.05) is 32.9 Å². The van der Waals surface area contributed by atoms with Crippen LogP contribution in [-0.2, 0) is 4.74 Å². The lowest BCUT2D eigenvalue weighted by Gasteiger charge is -2.40. The number of thioether (sulfide) groups is 1. The zero-order valence-electron chi connectivity index (χ0n) is 9.65. The highest BCUT2D eigenvalue weighted by molar-refractivity contribution is 14.1. The average Bonchev–Trinajstić information content (AvgIpc) is 2.30. The number of morpholine rings is 1. The minimum atomic E-state index is 0.0515. The predicted octanol–water partition coefficient (Wildman–Crippen LogP) is 2.11. The van der Waals surface area contributed by atoms with E-state index in [1.54, 1.807) is 0 Å². The van der Waals surface area contributed by atoms with Crippen LogP contribution >= 0.6 is 34.4 Å². The largest absolute Gasteiger partial charge is 0.379 e. The van der Waals surface area contributed by atoms with Crippen molar-refractivity contribution in [3.8, 4) is 0 Å². The van der Waals surface area contributed by atoms with Gasteiger partial charge in [-0.1, -0.05) is 11.8 Å². The molecule has 5 heteroatoms. The summed E-state index contributed by atoms with van der Waals surface area (Å²) in [6, 6.07) is 0. The van der Waals surface area contributed by atoms with Crippen LogP contribution in [-0.4, -0.2) is 53.1 Å². The van der Waals surface area contributed by atoms with Gasteiger partial charge in [0.05, 0.1) is 13.2 Å². The van der Waals surface area contributed by atoms with Crippen LogP contribution in [0.1, 0.15) is 0 Å². The molecule has 0 N–H and O–H groups in total. The summed E-state index contributed by atoms with van der Waals surface area (Å²) >= 11 is 4.40. The summed E-state index contributed by atoms with van der Waals surface area (Å²) in [6.07, 6.45) is 4.51. The van der Waals surface area contributed by atoms with Crippen LogP contribution in [0.2, 0.25) is 0 Å². The van der Waals surface area contributed by atoms with E-state index in [1.807, 2.05) is 11.8 Å². The molecule has 1 atom stereocenters. The number of halogens is 1. The number of ether oxygens (including phenoxy) is 1. The molecular weight excluding hydrogens is 335 g/mol. The van der Waals surface area contributed by atoms with Crippen molar-refractivity contribution < 1.29 is 4.74 Å². The minimum absolute atomic E-state index is 0.0515. The Labute approximate surface area is 115 Å². The van der Waals surface area contributed by atoms with Crippen LogP contribution in [0.25, 0.3) is 0 Å². The molecule has 1 fully saturated rings. The number of hydrogen-bond acceptors (Lipinski definition) is 4. The topological polar surface area (TPSA) is 15.7 Å². The molecule has 1 saturated heterocycles. The Hall–Kier alpha value is 0.280. The fraction of sp³-hybridized carbons (Fsp3) is 0.636. The predicted molar refractivity (Wildman–Crippen MR) is 77.6 cm³/mol. The molecule has 0 amide bonds. The van der Waals surface area contributed by atoms with Crippen LogP contribution in [0.4, 0.5) is 0 Å². The number of hydrogen-bond donors (Lipinski definition) is 0. The molecule has 0 aromatic rings. The van der Waals surface area contributed by atoms with Crippen molar-refractivity contribution in [1.82, 2.24) is 9.80 Å². The summed E-state index contributed by atoms with van der Waals surface area (Å²) in [5.41, 5.74) is 1.28. The number of rotatable bonds is 2. The van der Waals surface area contributed by atoms with Gasteiger partial charge < -0.3 is 9.64 Å². The maximum Gasteiger partial charge on any atom is 0.144 e. The van der Waals surface area contributed by atoms with Gasteiger partial charge in [-0.25, -0.2) is 0 Å². The lowest BCUT2D eigenvalue weighted by Crippen LogP contribution is -2.47. The smallest absolute Gasteiger partial charge is 0.144 e. The minimum Gasteiger partial charge on any atom is -0.379 e. The van der Waals surface area contributed by atoms with Gasteiger partial charge in [0.2, 0.25) is 0 Å². The van der Waals surface area contributed by atoms with Crippen molar-refractivity contribution in [2.45, 2.75) is 2.88 Å². The van der Waals surface area contributed by atoms with E-state index in [9.17, 15) is 0 Å². The maximum atomic E-state index is 5.41. The molecule has 0 saturated carbocycles. The highest BCUT2D eigenvalue weighted by Gasteiger charge is 2.34. The second-order valence-corrected chi connectivity index (χ2v) is 7.60. The van der Waals surface area contributed by atoms with Gasteiger partial charge in [-0.3, -0.25) is 4.90 Å². The molecule has 2 aliphatic rings. The van der Waals surface area contributed by atoms with Crippen LogP contribution in [0.15, 0.2) is 23.3 Å². The van der Waals surface area contributed by atoms with E-state index in [1.165, 1.54) is 5.70 Å². The van der Waals surface area contributed by atoms with Crippen LogP contribution in [0, 0.1) is 0 Å². The SMILES string of the molecule is CN(C)C1=CC(I)(N2CCOCC2)SC=C1. The molecule has 1 unspecified atom stereocenters. The Balaban J connectivity index is 2.14. The summed E-state index contributed by atoms with van der Waals surface area (Å²) in [4.78, 5) is 4.64. The van der Waals surface area contributed by atoms with Gasteiger partial charge in [-0.2, -0.15) is 0 Å². The van der Waals surface area contributed by atoms with E-state index in [0.29, 0.717) is 0 Å². The Morgan fingerprint density at radius 1 is 1.44 bits per heavy atom. The Kier molecular flexibility index (Phi) is 4.21. The molecule has 0 aromatic carbocycles. The van der Waals surface area contributed by atoms with Gasteiger partial charge in [0.1, 0.15) is 2.88 Å². The molecular formula is C11H17IN2OS. The van der Waals surface area contributed by atoms with E-state index < -0.39 is 0 Å². The normalized spacial score (nSPS) is 31.3. The molecule has 0 bridgehead atoms. The van der Waals surface area contributed by atoms with Crippen molar-refractivity contribution in [3.63, 3.8) is 0 Å². The lowest BCUT2D eigenvalue weighted by atomic mass is 10.3. The summed E-state index contributed by atoms with van der Waals surface area (Å²) in [7, 11) is 4.17. The second-order valence-electron chi connectivity index (χ2n) is 4.09. The van der Waals surface area contributed by atoms with Gasteiger partial charge in [-0.05, 0) is 40.2 Å². The molecule has 16 heavy (non-hydrogen) atoms. The fourth-order valence-corrected chi connectivity index (χ4v) is 3.94. The molecule has 2 rings (SSSR count). The van der Waals surface area contributed by atoms with E-state index in [2.05, 4.69) is 64.0 Å². The van der Waals surface area contributed by atoms with E-state index >= 15 is 0 Å². The van der Waals surface area contributed by atoms with E-state index in [4.69, 9.17) is 4.74 Å². The van der Waals surface area contributed by atoms with Crippen molar-refractivity contribution in [2.24, 2.45) is 0 Å². The van der Waals surface area contributed by atoms with E-state index in [-0.39, 0.29) is 2.88 Å². The van der Waals surface area contributed by atoms with Crippen LogP contribution in [0.5, 0.6) is 0 Å². The Bertz CT molecular complexity index is 313. The maximum absolute atomic E-state index is 5.41. The Morgan fingerprint density at radius 2 is 2.12 bits per heavy atom. The molecule has 0 radical (unpaired) electrons. The number of alkyl halides is 1. The molecule has 0 aliphatic carbocycles. The third-order valence-electron chi connectivity index (χ3n) is 2.76. The molecule has 3 nitrogen and oxygen atoms in total. The third kappa shape index (κ3) is 2.75. The van der Waals surface area contributed by atoms with Crippen molar-refractivity contribution in [1.29, 1.82) is 0 Å². The number of nitrogens with zero attached hydrogens (tertiary/aromatic N) is 2. The highest BCUT2D eigenvalue weighted by atomic mass is 127. The zero-order chi connectivity index (χ0) is 11.6. The highest BCUT2D eigenvalue weighted by Crippen LogP contribution is 2.43. The van der Waals surface area contributed by atoms with Crippen LogP contribution in [0.3, 0.4) is 0 Å². The Morgan fingerprint density at radius 3 is 2.75 bits per heavy atom. The summed E-state index contributed by atoms with van der Waals surface area (Å²) in [5.74, 6) is 0.